The van der Waals surface area contributed by atoms with Crippen LogP contribution in [0.1, 0.15) is 16.3 Å². The maximum Gasteiger partial charge on any atom is 0.354 e. The van der Waals surface area contributed by atoms with Crippen molar-refractivity contribution in [2.24, 2.45) is 0 Å². The summed E-state index contributed by atoms with van der Waals surface area (Å²) >= 11 is 2.67. The molecule has 2 heterocycles. The van der Waals surface area contributed by atoms with Gasteiger partial charge in [-0.1, -0.05) is 11.8 Å². The molecule has 0 atom stereocenters. The summed E-state index contributed by atoms with van der Waals surface area (Å²) in [7, 11) is 0. The molecular formula is C9H7N3O2S2. The van der Waals surface area contributed by atoms with Crippen LogP contribution in [0.25, 0.3) is 0 Å². The quantitative estimate of drug-likeness (QED) is 0.902. The van der Waals surface area contributed by atoms with Gasteiger partial charge in [-0.15, -0.1) is 0 Å². The highest BCUT2D eigenvalue weighted by Gasteiger charge is 2.07. The second-order valence-corrected chi connectivity index (χ2v) is 4.96. The molecule has 0 amide bonds. The van der Waals surface area contributed by atoms with Gasteiger partial charge < -0.3 is 5.11 Å². The van der Waals surface area contributed by atoms with Crippen LogP contribution in [0.3, 0.4) is 0 Å². The van der Waals surface area contributed by atoms with Crippen molar-refractivity contribution >= 4 is 29.3 Å². The third-order valence-electron chi connectivity index (χ3n) is 1.66. The second kappa shape index (κ2) is 4.58. The molecule has 82 valence electrons. The van der Waals surface area contributed by atoms with Crippen molar-refractivity contribution in [3.63, 3.8) is 0 Å². The summed E-state index contributed by atoms with van der Waals surface area (Å²) in [5.41, 5.74) is 0.0336. The molecule has 0 aliphatic rings. The van der Waals surface area contributed by atoms with Crippen LogP contribution < -0.4 is 0 Å². The highest BCUT2D eigenvalue weighted by atomic mass is 32.2. The molecular weight excluding hydrogens is 246 g/mol. The Morgan fingerprint density at radius 3 is 3.00 bits per heavy atom. The summed E-state index contributed by atoms with van der Waals surface area (Å²) in [4.78, 5) is 19.4. The molecule has 16 heavy (non-hydrogen) atoms. The number of carboxylic acids is 1. The number of nitrogens with zero attached hydrogens (tertiary/aromatic N) is 3. The van der Waals surface area contributed by atoms with Crippen molar-refractivity contribution in [1.29, 1.82) is 0 Å². The zero-order chi connectivity index (χ0) is 11.5. The lowest BCUT2D eigenvalue weighted by Gasteiger charge is -1.97. The molecule has 2 rings (SSSR count). The van der Waals surface area contributed by atoms with E-state index >= 15 is 0 Å². The summed E-state index contributed by atoms with van der Waals surface area (Å²) in [6.07, 6.45) is 1.47. The lowest BCUT2D eigenvalue weighted by molar-refractivity contribution is 0.0690. The summed E-state index contributed by atoms with van der Waals surface area (Å²) in [5.74, 6) is -0.309. The van der Waals surface area contributed by atoms with Gasteiger partial charge in [-0.05, 0) is 30.6 Å². The van der Waals surface area contributed by atoms with Crippen molar-refractivity contribution in [2.45, 2.75) is 16.2 Å². The minimum absolute atomic E-state index is 0.0336. The first-order chi connectivity index (χ1) is 7.65. The van der Waals surface area contributed by atoms with E-state index < -0.39 is 5.97 Å². The summed E-state index contributed by atoms with van der Waals surface area (Å²) in [6, 6.07) is 3.26. The molecule has 0 spiro atoms. The van der Waals surface area contributed by atoms with Crippen LogP contribution in [-0.2, 0) is 0 Å². The van der Waals surface area contributed by atoms with Crippen LogP contribution in [0.15, 0.2) is 27.6 Å². The van der Waals surface area contributed by atoms with E-state index in [0.29, 0.717) is 0 Å². The highest BCUT2D eigenvalue weighted by molar-refractivity contribution is 8.01. The number of carbonyl (C=O) groups is 1. The fraction of sp³-hybridized carbons (Fsp3) is 0.111. The average Bonchev–Trinajstić information content (AvgIpc) is 2.64. The summed E-state index contributed by atoms with van der Waals surface area (Å²) in [5, 5.41) is 8.78. The Morgan fingerprint density at radius 1 is 1.56 bits per heavy atom. The zero-order valence-electron chi connectivity index (χ0n) is 8.25. The Balaban J connectivity index is 2.21. The molecule has 0 unspecified atom stereocenters. The van der Waals surface area contributed by atoms with E-state index in [1.165, 1.54) is 35.6 Å². The smallest absolute Gasteiger partial charge is 0.354 e. The number of carboxylic acid groups (broad SMARTS) is 1. The van der Waals surface area contributed by atoms with E-state index in [2.05, 4.69) is 14.3 Å². The van der Waals surface area contributed by atoms with Gasteiger partial charge in [0, 0.05) is 11.1 Å². The summed E-state index contributed by atoms with van der Waals surface area (Å²) in [6.45, 7) is 1.82. The molecule has 2 aromatic heterocycles. The zero-order valence-corrected chi connectivity index (χ0v) is 9.88. The van der Waals surface area contributed by atoms with Gasteiger partial charge in [-0.3, -0.25) is 0 Å². The average molecular weight is 253 g/mol. The van der Waals surface area contributed by atoms with Crippen LogP contribution in [-0.4, -0.2) is 25.4 Å². The van der Waals surface area contributed by atoms with E-state index in [9.17, 15) is 4.79 Å². The van der Waals surface area contributed by atoms with E-state index in [4.69, 9.17) is 5.11 Å². The van der Waals surface area contributed by atoms with Crippen LogP contribution in [0.4, 0.5) is 0 Å². The molecule has 1 N–H and O–H groups in total. The predicted octanol–water partition coefficient (Wildman–Crippen LogP) is 2.09. The van der Waals surface area contributed by atoms with Gasteiger partial charge in [0.1, 0.15) is 11.5 Å². The Morgan fingerprint density at radius 2 is 2.38 bits per heavy atom. The van der Waals surface area contributed by atoms with Gasteiger partial charge in [0.25, 0.3) is 0 Å². The molecule has 0 radical (unpaired) electrons. The standard InChI is InChI=1S/C9H7N3O2S2/c1-5-11-9(16-12-5)15-6-2-3-10-7(4-6)8(13)14/h2-4H,1H3,(H,13,14). The first-order valence-corrected chi connectivity index (χ1v) is 5.91. The topological polar surface area (TPSA) is 76.0 Å². The van der Waals surface area contributed by atoms with Crippen LogP contribution in [0.5, 0.6) is 0 Å². The maximum atomic E-state index is 10.7. The molecule has 2 aromatic rings. The number of hydrogen-bond acceptors (Lipinski definition) is 6. The van der Waals surface area contributed by atoms with Gasteiger partial charge in [-0.2, -0.15) is 4.37 Å². The van der Waals surface area contributed by atoms with E-state index in [-0.39, 0.29) is 5.69 Å². The minimum Gasteiger partial charge on any atom is -0.477 e. The Bertz CT molecular complexity index is 527. The van der Waals surface area contributed by atoms with E-state index in [1.54, 1.807) is 6.07 Å². The highest BCUT2D eigenvalue weighted by Crippen LogP contribution is 2.28. The number of pyridine rings is 1. The summed E-state index contributed by atoms with van der Waals surface area (Å²) < 4.78 is 4.84. The van der Waals surface area contributed by atoms with Crippen molar-refractivity contribution < 1.29 is 9.90 Å². The SMILES string of the molecule is Cc1nsc(Sc2ccnc(C(=O)O)c2)n1. The first-order valence-electron chi connectivity index (χ1n) is 4.32. The molecule has 5 nitrogen and oxygen atoms in total. The lowest BCUT2D eigenvalue weighted by Crippen LogP contribution is -1.99. The lowest BCUT2D eigenvalue weighted by atomic mass is 10.4. The minimum atomic E-state index is -1.03. The Hall–Kier alpha value is -1.47. The number of aryl methyl sites for hydroxylation is 1. The molecule has 0 aliphatic carbocycles. The van der Waals surface area contributed by atoms with Gasteiger partial charge >= 0.3 is 5.97 Å². The van der Waals surface area contributed by atoms with E-state index in [1.807, 2.05) is 6.92 Å². The molecule has 0 saturated carbocycles. The van der Waals surface area contributed by atoms with Crippen LogP contribution in [0, 0.1) is 6.92 Å². The molecule has 0 saturated heterocycles. The van der Waals surface area contributed by atoms with Gasteiger partial charge in [0.2, 0.25) is 0 Å². The first kappa shape index (κ1) is 11.0. The van der Waals surface area contributed by atoms with Gasteiger partial charge in [-0.25, -0.2) is 14.8 Å². The molecule has 0 aliphatic heterocycles. The third-order valence-corrected chi connectivity index (χ3v) is 3.50. The monoisotopic (exact) mass is 253 g/mol. The Labute approximate surface area is 99.7 Å². The fourth-order valence-electron chi connectivity index (χ4n) is 1.01. The van der Waals surface area contributed by atoms with Crippen LogP contribution >= 0.6 is 23.3 Å². The fourth-order valence-corrected chi connectivity index (χ4v) is 2.66. The molecule has 0 aromatic carbocycles. The normalized spacial score (nSPS) is 10.3. The Kier molecular flexibility index (Phi) is 3.16. The molecule has 7 heteroatoms. The van der Waals surface area contributed by atoms with Gasteiger partial charge in [0.05, 0.1) is 0 Å². The largest absolute Gasteiger partial charge is 0.477 e. The van der Waals surface area contributed by atoms with Crippen molar-refractivity contribution in [3.8, 4) is 0 Å². The number of rotatable bonds is 3. The molecule has 0 fully saturated rings. The van der Waals surface area contributed by atoms with Crippen molar-refractivity contribution in [2.75, 3.05) is 0 Å². The maximum absolute atomic E-state index is 10.7. The third kappa shape index (κ3) is 2.56. The second-order valence-electron chi connectivity index (χ2n) is 2.89. The van der Waals surface area contributed by atoms with Crippen molar-refractivity contribution in [1.82, 2.24) is 14.3 Å². The number of aromatic nitrogens is 3. The number of aromatic carboxylic acids is 1. The van der Waals surface area contributed by atoms with Crippen molar-refractivity contribution in [3.05, 3.63) is 29.8 Å². The molecule has 0 bridgehead atoms. The van der Waals surface area contributed by atoms with E-state index in [0.717, 1.165) is 15.1 Å². The van der Waals surface area contributed by atoms with Crippen LogP contribution in [0.2, 0.25) is 0 Å². The predicted molar refractivity (Wildman–Crippen MR) is 60.0 cm³/mol. The van der Waals surface area contributed by atoms with Gasteiger partial charge in [0.15, 0.2) is 4.34 Å². The number of hydrogen-bond donors (Lipinski definition) is 1.